The number of halogens is 1. The van der Waals surface area contributed by atoms with Gasteiger partial charge < -0.3 is 15.5 Å². The molecule has 1 aliphatic rings. The second-order valence-corrected chi connectivity index (χ2v) is 6.01. The third kappa shape index (κ3) is 3.91. The highest BCUT2D eigenvalue weighted by atomic mass is 35.5. The lowest BCUT2D eigenvalue weighted by atomic mass is 10.1. The Bertz CT molecular complexity index is 711. The largest absolute Gasteiger partial charge is 0.373 e. The van der Waals surface area contributed by atoms with Crippen LogP contribution < -0.4 is 15.5 Å². The molecule has 126 valence electrons. The van der Waals surface area contributed by atoms with Crippen LogP contribution >= 0.6 is 11.6 Å². The normalized spacial score (nSPS) is 17.4. The molecule has 3 rings (SSSR count). The zero-order valence-corrected chi connectivity index (χ0v) is 14.1. The van der Waals surface area contributed by atoms with Crippen molar-refractivity contribution in [2.24, 2.45) is 0 Å². The molecule has 0 saturated carbocycles. The van der Waals surface area contributed by atoms with Crippen LogP contribution in [0.3, 0.4) is 0 Å². The standard InChI is InChI=1S/C16H19ClN6O/c1-18-14-9-11(8-13(17)22-14)15(24)21-12-4-2-7-23(10-12)16-19-5-3-6-20-16/h3,5-6,8-9,12H,2,4,7,10H2,1H3,(H,18,22)(H,21,24)/t12-/m1/s1. The van der Waals surface area contributed by atoms with Crippen molar-refractivity contribution in [1.29, 1.82) is 0 Å². The highest BCUT2D eigenvalue weighted by molar-refractivity contribution is 6.29. The maximum absolute atomic E-state index is 12.5. The SMILES string of the molecule is CNc1cc(C(=O)N[C@@H]2CCCN(c3ncccn3)C2)cc(Cl)n1. The fourth-order valence-electron chi connectivity index (χ4n) is 2.76. The Labute approximate surface area is 145 Å². The molecule has 2 N–H and O–H groups in total. The predicted octanol–water partition coefficient (Wildman–Crippen LogP) is 1.97. The van der Waals surface area contributed by atoms with E-state index < -0.39 is 0 Å². The van der Waals surface area contributed by atoms with Crippen LogP contribution in [-0.2, 0) is 0 Å². The van der Waals surface area contributed by atoms with Gasteiger partial charge in [0.05, 0.1) is 0 Å². The number of nitrogens with zero attached hydrogens (tertiary/aromatic N) is 4. The van der Waals surface area contributed by atoms with E-state index in [1.54, 1.807) is 37.6 Å². The molecule has 0 aromatic carbocycles. The third-order valence-corrected chi connectivity index (χ3v) is 4.10. The molecule has 0 spiro atoms. The molecule has 1 saturated heterocycles. The number of hydrogen-bond donors (Lipinski definition) is 2. The van der Waals surface area contributed by atoms with E-state index in [4.69, 9.17) is 11.6 Å². The van der Waals surface area contributed by atoms with Gasteiger partial charge in [0.1, 0.15) is 11.0 Å². The van der Waals surface area contributed by atoms with Crippen molar-refractivity contribution >= 4 is 29.3 Å². The molecule has 1 fully saturated rings. The second kappa shape index (κ2) is 7.44. The van der Waals surface area contributed by atoms with Gasteiger partial charge in [-0.15, -0.1) is 0 Å². The lowest BCUT2D eigenvalue weighted by Gasteiger charge is -2.33. The fraction of sp³-hybridized carbons (Fsp3) is 0.375. The van der Waals surface area contributed by atoms with Gasteiger partial charge in [-0.2, -0.15) is 0 Å². The second-order valence-electron chi connectivity index (χ2n) is 5.62. The zero-order chi connectivity index (χ0) is 16.9. The number of anilines is 2. The summed E-state index contributed by atoms with van der Waals surface area (Å²) in [6, 6.07) is 5.08. The summed E-state index contributed by atoms with van der Waals surface area (Å²) < 4.78 is 0. The molecule has 1 amide bonds. The van der Waals surface area contributed by atoms with Crippen LogP contribution in [-0.4, -0.2) is 47.0 Å². The molecule has 0 bridgehead atoms. The molecule has 7 nitrogen and oxygen atoms in total. The number of pyridine rings is 1. The minimum atomic E-state index is -0.156. The summed E-state index contributed by atoms with van der Waals surface area (Å²) in [6.07, 6.45) is 5.35. The average molecular weight is 347 g/mol. The van der Waals surface area contributed by atoms with E-state index in [0.717, 1.165) is 19.4 Å². The van der Waals surface area contributed by atoms with Gasteiger partial charge in [0.25, 0.3) is 5.91 Å². The first-order chi connectivity index (χ1) is 11.7. The van der Waals surface area contributed by atoms with Gasteiger partial charge >= 0.3 is 0 Å². The first kappa shape index (κ1) is 16.4. The number of hydrogen-bond acceptors (Lipinski definition) is 6. The lowest BCUT2D eigenvalue weighted by molar-refractivity contribution is 0.0933. The van der Waals surface area contributed by atoms with Crippen molar-refractivity contribution in [3.63, 3.8) is 0 Å². The zero-order valence-electron chi connectivity index (χ0n) is 13.4. The number of piperidine rings is 1. The van der Waals surface area contributed by atoms with Gasteiger partial charge in [-0.3, -0.25) is 4.79 Å². The molecule has 24 heavy (non-hydrogen) atoms. The number of carbonyl (C=O) groups is 1. The van der Waals surface area contributed by atoms with Crippen molar-refractivity contribution in [2.75, 3.05) is 30.4 Å². The number of nitrogens with one attached hydrogen (secondary N) is 2. The summed E-state index contributed by atoms with van der Waals surface area (Å²) in [5.74, 6) is 1.10. The van der Waals surface area contributed by atoms with Crippen LogP contribution in [0, 0.1) is 0 Å². The van der Waals surface area contributed by atoms with Gasteiger partial charge in [0, 0.05) is 44.1 Å². The van der Waals surface area contributed by atoms with E-state index in [0.29, 0.717) is 23.9 Å². The van der Waals surface area contributed by atoms with Crippen molar-refractivity contribution in [3.05, 3.63) is 41.3 Å². The van der Waals surface area contributed by atoms with E-state index in [1.165, 1.54) is 0 Å². The van der Waals surface area contributed by atoms with Crippen LogP contribution in [0.1, 0.15) is 23.2 Å². The van der Waals surface area contributed by atoms with Gasteiger partial charge in [-0.05, 0) is 31.0 Å². The van der Waals surface area contributed by atoms with E-state index in [-0.39, 0.29) is 17.1 Å². The summed E-state index contributed by atoms with van der Waals surface area (Å²) in [7, 11) is 1.74. The van der Waals surface area contributed by atoms with Crippen LogP contribution in [0.4, 0.5) is 11.8 Å². The highest BCUT2D eigenvalue weighted by Crippen LogP contribution is 2.17. The Morgan fingerprint density at radius 2 is 2.12 bits per heavy atom. The molecule has 1 atom stereocenters. The summed E-state index contributed by atoms with van der Waals surface area (Å²) in [5, 5.41) is 6.25. The molecular formula is C16H19ClN6O. The minimum absolute atomic E-state index is 0.0417. The first-order valence-corrected chi connectivity index (χ1v) is 8.21. The maximum Gasteiger partial charge on any atom is 0.251 e. The van der Waals surface area contributed by atoms with Gasteiger partial charge in [-0.25, -0.2) is 15.0 Å². The summed E-state index contributed by atoms with van der Waals surface area (Å²) in [5.41, 5.74) is 0.493. The van der Waals surface area contributed by atoms with Gasteiger partial charge in [0.15, 0.2) is 0 Å². The van der Waals surface area contributed by atoms with Crippen molar-refractivity contribution in [2.45, 2.75) is 18.9 Å². The monoisotopic (exact) mass is 346 g/mol. The maximum atomic E-state index is 12.5. The smallest absolute Gasteiger partial charge is 0.251 e. The van der Waals surface area contributed by atoms with Crippen LogP contribution in [0.2, 0.25) is 5.15 Å². The Morgan fingerprint density at radius 3 is 2.88 bits per heavy atom. The topological polar surface area (TPSA) is 83.0 Å². The van der Waals surface area contributed by atoms with Gasteiger partial charge in [-0.1, -0.05) is 11.6 Å². The summed E-state index contributed by atoms with van der Waals surface area (Å²) in [6.45, 7) is 1.58. The number of carbonyl (C=O) groups excluding carboxylic acids is 1. The molecule has 0 radical (unpaired) electrons. The third-order valence-electron chi connectivity index (χ3n) is 3.90. The van der Waals surface area contributed by atoms with Crippen molar-refractivity contribution in [1.82, 2.24) is 20.3 Å². The minimum Gasteiger partial charge on any atom is -0.373 e. The van der Waals surface area contributed by atoms with E-state index >= 15 is 0 Å². The molecule has 8 heteroatoms. The summed E-state index contributed by atoms with van der Waals surface area (Å²) >= 11 is 5.96. The Morgan fingerprint density at radius 1 is 1.33 bits per heavy atom. The average Bonchev–Trinajstić information content (AvgIpc) is 2.62. The predicted molar refractivity (Wildman–Crippen MR) is 93.5 cm³/mol. The van der Waals surface area contributed by atoms with Gasteiger partial charge in [0.2, 0.25) is 5.95 Å². The molecular weight excluding hydrogens is 328 g/mol. The molecule has 3 heterocycles. The fourth-order valence-corrected chi connectivity index (χ4v) is 2.96. The number of aromatic nitrogens is 3. The van der Waals surface area contributed by atoms with Crippen molar-refractivity contribution in [3.8, 4) is 0 Å². The van der Waals surface area contributed by atoms with E-state index in [1.807, 2.05) is 0 Å². The van der Waals surface area contributed by atoms with Crippen molar-refractivity contribution < 1.29 is 4.79 Å². The molecule has 2 aromatic heterocycles. The van der Waals surface area contributed by atoms with Crippen LogP contribution in [0.5, 0.6) is 0 Å². The number of rotatable bonds is 4. The molecule has 1 aliphatic heterocycles. The van der Waals surface area contributed by atoms with E-state index in [9.17, 15) is 4.79 Å². The van der Waals surface area contributed by atoms with E-state index in [2.05, 4.69) is 30.5 Å². The Balaban J connectivity index is 1.67. The van der Waals surface area contributed by atoms with Crippen LogP contribution in [0.25, 0.3) is 0 Å². The summed E-state index contributed by atoms with van der Waals surface area (Å²) in [4.78, 5) is 27.2. The molecule has 2 aromatic rings. The molecule has 0 unspecified atom stereocenters. The quantitative estimate of drug-likeness (QED) is 0.823. The number of amides is 1. The Kier molecular flexibility index (Phi) is 5.10. The first-order valence-electron chi connectivity index (χ1n) is 7.84. The van der Waals surface area contributed by atoms with Crippen LogP contribution in [0.15, 0.2) is 30.6 Å². The highest BCUT2D eigenvalue weighted by Gasteiger charge is 2.23. The Hall–Kier alpha value is -2.41. The lowest BCUT2D eigenvalue weighted by Crippen LogP contribution is -2.48. The molecule has 0 aliphatic carbocycles.